The van der Waals surface area contributed by atoms with Gasteiger partial charge in [-0.2, -0.15) is 5.26 Å². The molecule has 4 rings (SSSR count). The zero-order chi connectivity index (χ0) is 22.3. The molecule has 0 spiro atoms. The molecule has 32 heavy (non-hydrogen) atoms. The van der Waals surface area contributed by atoms with E-state index >= 15 is 0 Å². The molecule has 2 aliphatic rings. The van der Waals surface area contributed by atoms with E-state index in [9.17, 15) is 10.1 Å². The zero-order valence-electron chi connectivity index (χ0n) is 18.3. The standard InChI is InChI=1S/C25H27N5O2/c1-2-29(18-20-6-4-3-5-7-20)24(31)22-17-27-25(30-12-14-32-15-13-30)28-23(22)21-10-8-19(16-26)9-11-21/h3-8,10-11,17,19H,2,9,12-15,18H2,1H3. The van der Waals surface area contributed by atoms with E-state index in [0.717, 1.165) is 11.1 Å². The third-order valence-corrected chi connectivity index (χ3v) is 5.72. The summed E-state index contributed by atoms with van der Waals surface area (Å²) in [6.45, 7) is 5.76. The molecule has 1 atom stereocenters. The number of rotatable bonds is 6. The summed E-state index contributed by atoms with van der Waals surface area (Å²) in [5.74, 6) is 0.350. The Morgan fingerprint density at radius 2 is 2.06 bits per heavy atom. The number of carbonyl (C=O) groups excluding carboxylic acids is 1. The second-order valence-electron chi connectivity index (χ2n) is 7.83. The SMILES string of the molecule is CCN(Cc1ccccc1)C(=O)c1cnc(N2CCOCC2)nc1C1=CCC(C#N)C=C1. The van der Waals surface area contributed by atoms with E-state index in [-0.39, 0.29) is 11.8 Å². The van der Waals surface area contributed by atoms with E-state index in [1.54, 1.807) is 11.1 Å². The molecule has 1 fully saturated rings. The van der Waals surface area contributed by atoms with Crippen molar-refractivity contribution in [2.75, 3.05) is 37.7 Å². The maximum absolute atomic E-state index is 13.6. The maximum atomic E-state index is 13.6. The van der Waals surface area contributed by atoms with Gasteiger partial charge in [-0.25, -0.2) is 9.97 Å². The van der Waals surface area contributed by atoms with Gasteiger partial charge in [-0.15, -0.1) is 0 Å². The van der Waals surface area contributed by atoms with Crippen LogP contribution in [0.2, 0.25) is 0 Å². The highest BCUT2D eigenvalue weighted by atomic mass is 16.5. The van der Waals surface area contributed by atoms with Crippen LogP contribution in [0.1, 0.15) is 35.0 Å². The molecule has 1 aromatic heterocycles. The summed E-state index contributed by atoms with van der Waals surface area (Å²) in [6, 6.07) is 12.2. The molecule has 2 aromatic rings. The van der Waals surface area contributed by atoms with Crippen molar-refractivity contribution in [1.29, 1.82) is 5.26 Å². The van der Waals surface area contributed by atoms with Gasteiger partial charge in [0, 0.05) is 32.4 Å². The van der Waals surface area contributed by atoms with E-state index < -0.39 is 0 Å². The van der Waals surface area contributed by atoms with E-state index in [0.29, 0.717) is 63.0 Å². The Hall–Kier alpha value is -3.50. The van der Waals surface area contributed by atoms with Gasteiger partial charge in [-0.05, 0) is 24.5 Å². The lowest BCUT2D eigenvalue weighted by molar-refractivity contribution is 0.0751. The average Bonchev–Trinajstić information content (AvgIpc) is 2.87. The Kier molecular flexibility index (Phi) is 6.93. The number of nitriles is 1. The lowest BCUT2D eigenvalue weighted by atomic mass is 9.94. The number of allylic oxidation sites excluding steroid dienone is 4. The Morgan fingerprint density at radius 3 is 2.72 bits per heavy atom. The Labute approximate surface area is 188 Å². The van der Waals surface area contributed by atoms with Gasteiger partial charge in [0.15, 0.2) is 0 Å². The molecule has 7 heteroatoms. The topological polar surface area (TPSA) is 82.3 Å². The van der Waals surface area contributed by atoms with Crippen molar-refractivity contribution in [2.45, 2.75) is 19.9 Å². The zero-order valence-corrected chi connectivity index (χ0v) is 18.3. The fraction of sp³-hybridized carbons (Fsp3) is 0.360. The quantitative estimate of drug-likeness (QED) is 0.699. The second kappa shape index (κ2) is 10.2. The van der Waals surface area contributed by atoms with Gasteiger partial charge >= 0.3 is 0 Å². The summed E-state index contributed by atoms with van der Waals surface area (Å²) in [5.41, 5.74) is 3.02. The molecule has 1 saturated heterocycles. The molecular formula is C25H27N5O2. The summed E-state index contributed by atoms with van der Waals surface area (Å²) in [7, 11) is 0. The Bertz CT molecular complexity index is 1050. The van der Waals surface area contributed by atoms with E-state index in [1.807, 2.05) is 55.5 Å². The van der Waals surface area contributed by atoms with Crippen molar-refractivity contribution in [3.05, 3.63) is 71.6 Å². The molecule has 2 heterocycles. The van der Waals surface area contributed by atoms with Gasteiger partial charge in [0.25, 0.3) is 5.91 Å². The minimum atomic E-state index is -0.149. The van der Waals surface area contributed by atoms with Crippen LogP contribution in [0.5, 0.6) is 0 Å². The fourth-order valence-corrected chi connectivity index (χ4v) is 3.86. The van der Waals surface area contributed by atoms with Crippen molar-refractivity contribution in [2.24, 2.45) is 5.92 Å². The van der Waals surface area contributed by atoms with Crippen LogP contribution in [-0.4, -0.2) is 53.6 Å². The summed E-state index contributed by atoms with van der Waals surface area (Å²) >= 11 is 0. The second-order valence-corrected chi connectivity index (χ2v) is 7.83. The number of anilines is 1. The largest absolute Gasteiger partial charge is 0.378 e. The highest BCUT2D eigenvalue weighted by Gasteiger charge is 2.24. The molecule has 164 valence electrons. The Morgan fingerprint density at radius 1 is 1.28 bits per heavy atom. The van der Waals surface area contributed by atoms with Crippen molar-refractivity contribution < 1.29 is 9.53 Å². The summed E-state index contributed by atoms with van der Waals surface area (Å²) in [4.78, 5) is 26.8. The van der Waals surface area contributed by atoms with Gasteiger partial charge < -0.3 is 14.5 Å². The molecule has 1 aromatic carbocycles. The highest BCUT2D eigenvalue weighted by Crippen LogP contribution is 2.27. The van der Waals surface area contributed by atoms with Crippen molar-refractivity contribution >= 4 is 17.4 Å². The normalized spacial score (nSPS) is 18.1. The monoisotopic (exact) mass is 429 g/mol. The van der Waals surface area contributed by atoms with Crippen LogP contribution in [-0.2, 0) is 11.3 Å². The number of ether oxygens (including phenoxy) is 1. The van der Waals surface area contributed by atoms with Crippen molar-refractivity contribution in [1.82, 2.24) is 14.9 Å². The van der Waals surface area contributed by atoms with Gasteiger partial charge in [0.05, 0.1) is 36.5 Å². The molecule has 0 N–H and O–H groups in total. The Balaban J connectivity index is 1.68. The molecule has 1 aliphatic carbocycles. The van der Waals surface area contributed by atoms with Crippen LogP contribution in [0, 0.1) is 17.2 Å². The van der Waals surface area contributed by atoms with Gasteiger partial charge in [0.1, 0.15) is 0 Å². The number of hydrogen-bond donors (Lipinski definition) is 0. The van der Waals surface area contributed by atoms with E-state index in [1.165, 1.54) is 0 Å². The summed E-state index contributed by atoms with van der Waals surface area (Å²) in [6.07, 6.45) is 8.01. The number of hydrogen-bond acceptors (Lipinski definition) is 6. The molecule has 1 amide bonds. The third kappa shape index (κ3) is 4.87. The van der Waals surface area contributed by atoms with Crippen LogP contribution in [0.25, 0.3) is 5.57 Å². The number of amides is 1. The smallest absolute Gasteiger partial charge is 0.257 e. The first-order valence-corrected chi connectivity index (χ1v) is 11.0. The predicted molar refractivity (Wildman–Crippen MR) is 123 cm³/mol. The van der Waals surface area contributed by atoms with Crippen LogP contribution >= 0.6 is 0 Å². The highest BCUT2D eigenvalue weighted by molar-refractivity contribution is 5.99. The first-order valence-electron chi connectivity index (χ1n) is 11.0. The minimum absolute atomic E-state index is 0.100. The van der Waals surface area contributed by atoms with Crippen molar-refractivity contribution in [3.8, 4) is 6.07 Å². The molecule has 7 nitrogen and oxygen atoms in total. The van der Waals surface area contributed by atoms with Gasteiger partial charge in [0.2, 0.25) is 5.95 Å². The van der Waals surface area contributed by atoms with Crippen molar-refractivity contribution in [3.63, 3.8) is 0 Å². The van der Waals surface area contributed by atoms with Crippen LogP contribution in [0.15, 0.2) is 54.8 Å². The first-order chi connectivity index (χ1) is 15.7. The van der Waals surface area contributed by atoms with Gasteiger partial charge in [-0.1, -0.05) is 48.6 Å². The first kappa shape index (κ1) is 21.7. The average molecular weight is 430 g/mol. The van der Waals surface area contributed by atoms with E-state index in [4.69, 9.17) is 9.72 Å². The van der Waals surface area contributed by atoms with Gasteiger partial charge in [-0.3, -0.25) is 4.79 Å². The molecule has 1 unspecified atom stereocenters. The lowest BCUT2D eigenvalue weighted by Crippen LogP contribution is -2.38. The predicted octanol–water partition coefficient (Wildman–Crippen LogP) is 3.46. The number of carbonyl (C=O) groups is 1. The van der Waals surface area contributed by atoms with E-state index in [2.05, 4.69) is 16.0 Å². The molecule has 0 radical (unpaired) electrons. The minimum Gasteiger partial charge on any atom is -0.378 e. The summed E-state index contributed by atoms with van der Waals surface area (Å²) < 4.78 is 5.45. The molecule has 1 aliphatic heterocycles. The summed E-state index contributed by atoms with van der Waals surface area (Å²) in [5, 5.41) is 9.21. The number of benzene rings is 1. The molecule has 0 bridgehead atoms. The van der Waals surface area contributed by atoms with Crippen LogP contribution in [0.4, 0.5) is 5.95 Å². The number of nitrogens with zero attached hydrogens (tertiary/aromatic N) is 5. The third-order valence-electron chi connectivity index (χ3n) is 5.72. The fourth-order valence-electron chi connectivity index (χ4n) is 3.86. The molecule has 0 saturated carbocycles. The van der Waals surface area contributed by atoms with Crippen LogP contribution in [0.3, 0.4) is 0 Å². The maximum Gasteiger partial charge on any atom is 0.257 e. The lowest BCUT2D eigenvalue weighted by Gasteiger charge is -2.28. The number of morpholine rings is 1. The molecular weight excluding hydrogens is 402 g/mol. The van der Waals surface area contributed by atoms with Crippen LogP contribution < -0.4 is 4.90 Å². The number of aromatic nitrogens is 2.